The number of nitrogens with zero attached hydrogens (tertiary/aromatic N) is 2. The molecule has 1 fully saturated rings. The Hall–Kier alpha value is -2.38. The molecular formula is C10H6F2N2O4. The van der Waals surface area contributed by atoms with Crippen molar-refractivity contribution in [2.45, 2.75) is 6.42 Å². The van der Waals surface area contributed by atoms with Gasteiger partial charge in [0.2, 0.25) is 5.91 Å². The van der Waals surface area contributed by atoms with Gasteiger partial charge >= 0.3 is 0 Å². The van der Waals surface area contributed by atoms with Crippen molar-refractivity contribution in [1.82, 2.24) is 0 Å². The Kier molecular flexibility index (Phi) is 2.77. The molecule has 1 aliphatic rings. The normalized spacial score (nSPS) is 15.3. The standard InChI is InChI=1S/C10H6F2N2O4/c11-6-1-2-7(14(17)18)10(9(6)12)13-4-5(15)3-8(13)16/h1-2H,3-4H2. The topological polar surface area (TPSA) is 80.5 Å². The number of nitro benzene ring substituents is 1. The van der Waals surface area contributed by atoms with Crippen LogP contribution < -0.4 is 4.90 Å². The molecule has 2 rings (SSSR count). The average Bonchev–Trinajstić information content (AvgIpc) is 2.61. The molecule has 1 saturated heterocycles. The van der Waals surface area contributed by atoms with Gasteiger partial charge in [-0.05, 0) is 6.07 Å². The number of anilines is 1. The van der Waals surface area contributed by atoms with E-state index >= 15 is 0 Å². The second kappa shape index (κ2) is 4.13. The molecular weight excluding hydrogens is 250 g/mol. The highest BCUT2D eigenvalue weighted by atomic mass is 19.2. The summed E-state index contributed by atoms with van der Waals surface area (Å²) in [6.45, 7) is -0.486. The molecule has 0 spiro atoms. The first-order chi connectivity index (χ1) is 8.41. The smallest absolute Gasteiger partial charge is 0.296 e. The molecule has 0 saturated carbocycles. The largest absolute Gasteiger partial charge is 0.297 e. The molecule has 1 heterocycles. The van der Waals surface area contributed by atoms with E-state index in [2.05, 4.69) is 0 Å². The number of hydrogen-bond acceptors (Lipinski definition) is 4. The molecule has 0 radical (unpaired) electrons. The highest BCUT2D eigenvalue weighted by Crippen LogP contribution is 2.34. The Morgan fingerprint density at radius 3 is 2.44 bits per heavy atom. The van der Waals surface area contributed by atoms with Gasteiger partial charge in [-0.25, -0.2) is 8.78 Å². The number of carbonyl (C=O) groups excluding carboxylic acids is 2. The van der Waals surface area contributed by atoms with E-state index in [0.29, 0.717) is 11.0 Å². The van der Waals surface area contributed by atoms with E-state index in [1.54, 1.807) is 0 Å². The molecule has 0 unspecified atom stereocenters. The maximum Gasteiger partial charge on any atom is 0.296 e. The predicted octanol–water partition coefficient (Wildman–Crippen LogP) is 1.18. The van der Waals surface area contributed by atoms with E-state index in [1.807, 2.05) is 0 Å². The molecule has 8 heteroatoms. The fourth-order valence-corrected chi connectivity index (χ4v) is 1.72. The van der Waals surface area contributed by atoms with Crippen LogP contribution in [0.1, 0.15) is 6.42 Å². The number of Topliss-reactive ketones (excluding diaryl/α,β-unsaturated/α-hetero) is 1. The molecule has 0 bridgehead atoms. The van der Waals surface area contributed by atoms with Crippen molar-refractivity contribution in [1.29, 1.82) is 0 Å². The van der Waals surface area contributed by atoms with E-state index in [1.165, 1.54) is 0 Å². The van der Waals surface area contributed by atoms with Gasteiger partial charge in [0.1, 0.15) is 0 Å². The molecule has 1 amide bonds. The maximum absolute atomic E-state index is 13.6. The van der Waals surface area contributed by atoms with Gasteiger partial charge in [0.05, 0.1) is 17.9 Å². The van der Waals surface area contributed by atoms with Crippen molar-refractivity contribution in [2.24, 2.45) is 0 Å². The summed E-state index contributed by atoms with van der Waals surface area (Å²) in [5, 5.41) is 10.7. The number of ketones is 1. The van der Waals surface area contributed by atoms with Crippen LogP contribution in [0.25, 0.3) is 0 Å². The van der Waals surface area contributed by atoms with E-state index < -0.39 is 52.6 Å². The van der Waals surface area contributed by atoms with Crippen LogP contribution in [0.5, 0.6) is 0 Å². The molecule has 0 aromatic heterocycles. The van der Waals surface area contributed by atoms with Gasteiger partial charge in [-0.15, -0.1) is 0 Å². The predicted molar refractivity (Wildman–Crippen MR) is 55.0 cm³/mol. The number of rotatable bonds is 2. The lowest BCUT2D eigenvalue weighted by molar-refractivity contribution is -0.384. The summed E-state index contributed by atoms with van der Waals surface area (Å²) >= 11 is 0. The van der Waals surface area contributed by atoms with Crippen LogP contribution in [-0.2, 0) is 9.59 Å². The molecule has 0 aliphatic carbocycles. The minimum Gasteiger partial charge on any atom is -0.297 e. The van der Waals surface area contributed by atoms with Gasteiger partial charge in [-0.3, -0.25) is 24.6 Å². The third kappa shape index (κ3) is 1.81. The zero-order valence-electron chi connectivity index (χ0n) is 8.85. The van der Waals surface area contributed by atoms with Crippen LogP contribution in [0, 0.1) is 21.7 Å². The molecule has 1 aliphatic heterocycles. The Morgan fingerprint density at radius 2 is 1.94 bits per heavy atom. The Bertz CT molecular complexity index is 573. The van der Waals surface area contributed by atoms with Gasteiger partial charge in [0, 0.05) is 6.07 Å². The quantitative estimate of drug-likeness (QED) is 0.452. The first-order valence-corrected chi connectivity index (χ1v) is 4.86. The third-order valence-corrected chi connectivity index (χ3v) is 2.50. The highest BCUT2D eigenvalue weighted by molar-refractivity contribution is 6.15. The summed E-state index contributed by atoms with van der Waals surface area (Å²) in [7, 11) is 0. The monoisotopic (exact) mass is 256 g/mol. The van der Waals surface area contributed by atoms with Crippen molar-refractivity contribution in [2.75, 3.05) is 11.4 Å². The van der Waals surface area contributed by atoms with Crippen LogP contribution in [0.3, 0.4) is 0 Å². The van der Waals surface area contributed by atoms with E-state index in [4.69, 9.17) is 0 Å². The minimum atomic E-state index is -1.51. The molecule has 18 heavy (non-hydrogen) atoms. The second-order valence-corrected chi connectivity index (χ2v) is 3.68. The van der Waals surface area contributed by atoms with Crippen LogP contribution in [-0.4, -0.2) is 23.2 Å². The molecule has 0 N–H and O–H groups in total. The van der Waals surface area contributed by atoms with E-state index in [-0.39, 0.29) is 0 Å². The lowest BCUT2D eigenvalue weighted by Crippen LogP contribution is -2.26. The SMILES string of the molecule is O=C1CC(=O)N(c2c([N+](=O)[O-])ccc(F)c2F)C1. The Balaban J connectivity index is 2.61. The summed E-state index contributed by atoms with van der Waals surface area (Å²) in [5.74, 6) is -4.11. The third-order valence-electron chi connectivity index (χ3n) is 2.50. The first kappa shape index (κ1) is 12.1. The summed E-state index contributed by atoms with van der Waals surface area (Å²) < 4.78 is 26.7. The molecule has 1 aromatic rings. The van der Waals surface area contributed by atoms with Gasteiger partial charge < -0.3 is 0 Å². The van der Waals surface area contributed by atoms with E-state index in [0.717, 1.165) is 6.07 Å². The number of benzene rings is 1. The number of nitro groups is 1. The Morgan fingerprint density at radius 1 is 1.28 bits per heavy atom. The summed E-state index contributed by atoms with van der Waals surface area (Å²) in [4.78, 5) is 32.9. The van der Waals surface area contributed by atoms with Crippen molar-refractivity contribution in [3.05, 3.63) is 33.9 Å². The highest BCUT2D eigenvalue weighted by Gasteiger charge is 2.36. The summed E-state index contributed by atoms with van der Waals surface area (Å²) in [6, 6.07) is 1.35. The Labute approximate surface area is 99.0 Å². The zero-order valence-corrected chi connectivity index (χ0v) is 8.85. The second-order valence-electron chi connectivity index (χ2n) is 3.68. The van der Waals surface area contributed by atoms with Crippen LogP contribution in [0.2, 0.25) is 0 Å². The lowest BCUT2D eigenvalue weighted by Gasteiger charge is -2.15. The fraction of sp³-hybridized carbons (Fsp3) is 0.200. The molecule has 6 nitrogen and oxygen atoms in total. The van der Waals surface area contributed by atoms with Crippen molar-refractivity contribution >= 4 is 23.1 Å². The van der Waals surface area contributed by atoms with Gasteiger partial charge in [0.15, 0.2) is 23.1 Å². The van der Waals surface area contributed by atoms with Crippen molar-refractivity contribution in [3.8, 4) is 0 Å². The minimum absolute atomic E-state index is 0.465. The van der Waals surface area contributed by atoms with Gasteiger partial charge in [-0.1, -0.05) is 0 Å². The van der Waals surface area contributed by atoms with Gasteiger partial charge in [-0.2, -0.15) is 0 Å². The van der Waals surface area contributed by atoms with Crippen LogP contribution in [0.15, 0.2) is 12.1 Å². The first-order valence-electron chi connectivity index (χ1n) is 4.86. The lowest BCUT2D eigenvalue weighted by atomic mass is 10.2. The zero-order chi connectivity index (χ0) is 13.4. The summed E-state index contributed by atoms with van der Waals surface area (Å²) in [5.41, 5.74) is -1.55. The van der Waals surface area contributed by atoms with E-state index in [9.17, 15) is 28.5 Å². The summed E-state index contributed by atoms with van der Waals surface area (Å²) in [6.07, 6.45) is -0.465. The number of hydrogen-bond donors (Lipinski definition) is 0. The van der Waals surface area contributed by atoms with Crippen molar-refractivity contribution < 1.29 is 23.3 Å². The average molecular weight is 256 g/mol. The molecule has 1 aromatic carbocycles. The van der Waals surface area contributed by atoms with Gasteiger partial charge in [0.25, 0.3) is 5.69 Å². The number of halogens is 2. The van der Waals surface area contributed by atoms with Crippen molar-refractivity contribution in [3.63, 3.8) is 0 Å². The van der Waals surface area contributed by atoms with Crippen LogP contribution >= 0.6 is 0 Å². The maximum atomic E-state index is 13.6. The number of amides is 1. The molecule has 0 atom stereocenters. The fourth-order valence-electron chi connectivity index (χ4n) is 1.72. The molecule has 94 valence electrons. The van der Waals surface area contributed by atoms with Crippen LogP contribution in [0.4, 0.5) is 20.2 Å². The number of carbonyl (C=O) groups is 2.